The number of allylic oxidation sites excluding steroid dienone is 1. The molecular formula is C32H29N3O7S. The van der Waals surface area contributed by atoms with Gasteiger partial charge in [-0.2, -0.15) is 0 Å². The number of hydrogen-bond acceptors (Lipinski definition) is 9. The number of benzene rings is 3. The van der Waals surface area contributed by atoms with E-state index in [4.69, 9.17) is 14.2 Å². The molecule has 0 fully saturated rings. The molecule has 0 N–H and O–H groups in total. The first-order valence-electron chi connectivity index (χ1n) is 13.7. The molecule has 10 nitrogen and oxygen atoms in total. The third kappa shape index (κ3) is 6.12. The highest BCUT2D eigenvalue weighted by molar-refractivity contribution is 7.07. The monoisotopic (exact) mass is 599 g/mol. The summed E-state index contributed by atoms with van der Waals surface area (Å²) in [4.78, 5) is 42.9. The summed E-state index contributed by atoms with van der Waals surface area (Å²) in [6.45, 7) is 5.86. The van der Waals surface area contributed by atoms with Crippen LogP contribution in [0, 0.1) is 10.1 Å². The van der Waals surface area contributed by atoms with E-state index in [0.717, 1.165) is 5.56 Å². The van der Waals surface area contributed by atoms with Crippen molar-refractivity contribution < 1.29 is 23.9 Å². The number of carbonyl (C=O) groups excluding carboxylic acids is 1. The van der Waals surface area contributed by atoms with Gasteiger partial charge in [-0.15, -0.1) is 0 Å². The van der Waals surface area contributed by atoms with E-state index in [1.54, 1.807) is 60.9 Å². The average Bonchev–Trinajstić information content (AvgIpc) is 3.30. The van der Waals surface area contributed by atoms with Crippen LogP contribution in [-0.4, -0.2) is 28.7 Å². The van der Waals surface area contributed by atoms with Gasteiger partial charge in [0.2, 0.25) is 0 Å². The summed E-state index contributed by atoms with van der Waals surface area (Å²) in [6, 6.07) is 20.3. The van der Waals surface area contributed by atoms with Crippen LogP contribution in [0.4, 0.5) is 5.69 Å². The number of carbonyl (C=O) groups is 1. The van der Waals surface area contributed by atoms with Crippen molar-refractivity contribution >= 4 is 29.1 Å². The quantitative estimate of drug-likeness (QED) is 0.147. The number of aromatic nitrogens is 1. The van der Waals surface area contributed by atoms with Crippen LogP contribution in [0.15, 0.2) is 93.9 Å². The van der Waals surface area contributed by atoms with E-state index >= 15 is 0 Å². The lowest BCUT2D eigenvalue weighted by Crippen LogP contribution is -2.39. The van der Waals surface area contributed by atoms with Crippen LogP contribution in [0.1, 0.15) is 43.5 Å². The normalized spacial score (nSPS) is 14.6. The van der Waals surface area contributed by atoms with Crippen molar-refractivity contribution in [1.82, 2.24) is 4.57 Å². The fourth-order valence-corrected chi connectivity index (χ4v) is 5.91. The predicted molar refractivity (Wildman–Crippen MR) is 162 cm³/mol. The zero-order valence-electron chi connectivity index (χ0n) is 23.8. The molecule has 11 heteroatoms. The minimum absolute atomic E-state index is 0.0171. The van der Waals surface area contributed by atoms with E-state index in [1.807, 2.05) is 37.3 Å². The number of para-hydroxylation sites is 1. The summed E-state index contributed by atoms with van der Waals surface area (Å²) in [7, 11) is 0. The first-order valence-corrected chi connectivity index (χ1v) is 14.5. The van der Waals surface area contributed by atoms with E-state index in [0.29, 0.717) is 49.8 Å². The van der Waals surface area contributed by atoms with Crippen LogP contribution in [-0.2, 0) is 16.1 Å². The van der Waals surface area contributed by atoms with E-state index in [9.17, 15) is 19.7 Å². The van der Waals surface area contributed by atoms with Gasteiger partial charge in [0.25, 0.3) is 11.2 Å². The van der Waals surface area contributed by atoms with Crippen LogP contribution in [0.2, 0.25) is 0 Å². The highest BCUT2D eigenvalue weighted by Gasteiger charge is 2.33. The lowest BCUT2D eigenvalue weighted by molar-refractivity contribution is -0.385. The van der Waals surface area contributed by atoms with Crippen LogP contribution in [0.25, 0.3) is 6.08 Å². The number of thiazole rings is 1. The van der Waals surface area contributed by atoms with Crippen molar-refractivity contribution in [1.29, 1.82) is 0 Å². The summed E-state index contributed by atoms with van der Waals surface area (Å²) < 4.78 is 19.0. The number of ether oxygens (including phenoxy) is 3. The maximum absolute atomic E-state index is 13.9. The summed E-state index contributed by atoms with van der Waals surface area (Å²) in [5.41, 5.74) is 2.40. The van der Waals surface area contributed by atoms with Crippen LogP contribution >= 0.6 is 11.3 Å². The Morgan fingerprint density at radius 2 is 1.77 bits per heavy atom. The molecular weight excluding hydrogens is 570 g/mol. The highest BCUT2D eigenvalue weighted by Crippen LogP contribution is 2.32. The molecule has 5 rings (SSSR count). The summed E-state index contributed by atoms with van der Waals surface area (Å²) in [5, 5.41) is 11.4. The largest absolute Gasteiger partial charge is 0.490 e. The summed E-state index contributed by atoms with van der Waals surface area (Å²) >= 11 is 1.23. The molecule has 220 valence electrons. The molecule has 1 aliphatic heterocycles. The minimum Gasteiger partial charge on any atom is -0.490 e. The van der Waals surface area contributed by atoms with Crippen molar-refractivity contribution in [3.05, 3.63) is 131 Å². The molecule has 1 atom stereocenters. The molecule has 4 aromatic rings. The van der Waals surface area contributed by atoms with Gasteiger partial charge < -0.3 is 14.2 Å². The maximum Gasteiger partial charge on any atom is 0.338 e. The van der Waals surface area contributed by atoms with Crippen molar-refractivity contribution in [2.75, 3.05) is 13.2 Å². The van der Waals surface area contributed by atoms with Crippen molar-refractivity contribution in [3.8, 4) is 11.5 Å². The number of hydrogen-bond donors (Lipinski definition) is 0. The molecule has 3 aromatic carbocycles. The van der Waals surface area contributed by atoms with E-state index in [2.05, 4.69) is 4.99 Å². The number of rotatable bonds is 10. The molecule has 2 heterocycles. The standard InChI is InChI=1S/C32H29N3O7S/c1-4-40-26-17-21(15-16-25(26)42-19-23-13-9-10-14-24(23)35(38)39)18-27-30(36)34-29(22-11-7-6-8-12-22)28(31(37)41-5-2)20(3)33-32(34)43-27/h6-18,29H,4-5,19H2,1-3H3/b27-18-. The molecule has 1 unspecified atom stereocenters. The van der Waals surface area contributed by atoms with Gasteiger partial charge in [-0.3, -0.25) is 19.5 Å². The van der Waals surface area contributed by atoms with Gasteiger partial charge >= 0.3 is 5.97 Å². The number of fused-ring (bicyclic) bond motifs is 1. The van der Waals surface area contributed by atoms with Gasteiger partial charge in [0.05, 0.1) is 45.5 Å². The Morgan fingerprint density at radius 1 is 1.02 bits per heavy atom. The number of nitro groups is 1. The van der Waals surface area contributed by atoms with E-state index < -0.39 is 16.9 Å². The first kappa shape index (κ1) is 29.5. The maximum atomic E-state index is 13.9. The van der Waals surface area contributed by atoms with Gasteiger partial charge in [-0.05, 0) is 56.2 Å². The van der Waals surface area contributed by atoms with Crippen LogP contribution in [0.5, 0.6) is 11.5 Å². The Bertz CT molecular complexity index is 1890. The zero-order chi connectivity index (χ0) is 30.5. The molecule has 0 saturated carbocycles. The lowest BCUT2D eigenvalue weighted by atomic mass is 9.96. The minimum atomic E-state index is -0.685. The first-order chi connectivity index (χ1) is 20.8. The average molecular weight is 600 g/mol. The Morgan fingerprint density at radius 3 is 2.49 bits per heavy atom. The molecule has 1 aliphatic rings. The van der Waals surface area contributed by atoms with Gasteiger partial charge in [0.1, 0.15) is 6.61 Å². The van der Waals surface area contributed by atoms with E-state index in [1.165, 1.54) is 17.4 Å². The molecule has 0 aliphatic carbocycles. The zero-order valence-corrected chi connectivity index (χ0v) is 24.6. The van der Waals surface area contributed by atoms with Gasteiger partial charge in [-0.25, -0.2) is 9.79 Å². The molecule has 43 heavy (non-hydrogen) atoms. The molecule has 1 aromatic heterocycles. The number of esters is 1. The summed E-state index contributed by atoms with van der Waals surface area (Å²) in [5.74, 6) is 0.340. The second kappa shape index (κ2) is 12.9. The highest BCUT2D eigenvalue weighted by atomic mass is 32.1. The Kier molecular flexibility index (Phi) is 8.82. The van der Waals surface area contributed by atoms with Crippen LogP contribution in [0.3, 0.4) is 0 Å². The smallest absolute Gasteiger partial charge is 0.338 e. The molecule has 0 bridgehead atoms. The Labute approximate surface area is 251 Å². The van der Waals surface area contributed by atoms with Crippen molar-refractivity contribution in [2.45, 2.75) is 33.4 Å². The molecule has 0 radical (unpaired) electrons. The molecule has 0 spiro atoms. The second-order valence-electron chi connectivity index (χ2n) is 9.53. The third-order valence-electron chi connectivity index (χ3n) is 6.77. The van der Waals surface area contributed by atoms with Gasteiger partial charge in [0.15, 0.2) is 16.3 Å². The molecule has 0 amide bonds. The predicted octanol–water partition coefficient (Wildman–Crippen LogP) is 4.68. The third-order valence-corrected chi connectivity index (χ3v) is 7.75. The topological polar surface area (TPSA) is 122 Å². The SMILES string of the molecule is CCOC(=O)C1=C(C)N=c2s/c(=C\c3ccc(OCc4ccccc4[N+](=O)[O-])c(OCC)c3)c(=O)n2C1c1ccccc1. The molecule has 0 saturated heterocycles. The van der Waals surface area contributed by atoms with Crippen molar-refractivity contribution in [2.24, 2.45) is 4.99 Å². The summed E-state index contributed by atoms with van der Waals surface area (Å²) in [6.07, 6.45) is 1.74. The van der Waals surface area contributed by atoms with Crippen molar-refractivity contribution in [3.63, 3.8) is 0 Å². The fraction of sp³-hybridized carbons (Fsp3) is 0.219. The fourth-order valence-electron chi connectivity index (χ4n) is 4.86. The van der Waals surface area contributed by atoms with E-state index in [-0.39, 0.29) is 24.5 Å². The second-order valence-corrected chi connectivity index (χ2v) is 10.5. The van der Waals surface area contributed by atoms with Gasteiger partial charge in [-0.1, -0.05) is 59.9 Å². The Hall–Kier alpha value is -5.03. The van der Waals surface area contributed by atoms with Crippen LogP contribution < -0.4 is 24.4 Å². The number of nitro benzene ring substituents is 1. The van der Waals surface area contributed by atoms with Gasteiger partial charge in [0, 0.05) is 6.07 Å². The Balaban J connectivity index is 1.53. The number of nitrogens with zero attached hydrogens (tertiary/aromatic N) is 3. The lowest BCUT2D eigenvalue weighted by Gasteiger charge is -2.24.